The Morgan fingerprint density at radius 2 is 1.70 bits per heavy atom. The standard InChI is InChI=1S/C26H23N3O4/c1-29-24(30)26(28-25(29)27,20-8-10-21-18(13-20)5-3-11-31-21)19-6-2-4-16(12-19)17-7-9-22-23(14-17)33-15-32-22/h2,4,6-10,12-14H,3,5,11,15H2,1H3,(H2,27,28). The first-order chi connectivity index (χ1) is 16.1. The minimum atomic E-state index is -1.25. The van der Waals surface area contributed by atoms with Crippen LogP contribution in [-0.4, -0.2) is 37.2 Å². The van der Waals surface area contributed by atoms with Crippen molar-refractivity contribution in [3.8, 4) is 28.4 Å². The van der Waals surface area contributed by atoms with Gasteiger partial charge in [-0.25, -0.2) is 4.99 Å². The average Bonchev–Trinajstić information content (AvgIpc) is 3.42. The van der Waals surface area contributed by atoms with Gasteiger partial charge in [0.1, 0.15) is 5.75 Å². The van der Waals surface area contributed by atoms with E-state index in [-0.39, 0.29) is 18.7 Å². The minimum absolute atomic E-state index is 0.181. The number of rotatable bonds is 3. The van der Waals surface area contributed by atoms with Crippen molar-refractivity contribution in [1.82, 2.24) is 4.90 Å². The van der Waals surface area contributed by atoms with Crippen molar-refractivity contribution < 1.29 is 19.0 Å². The SMILES string of the molecule is CN1C(=O)C(c2cccc(-c3ccc4c(c3)OCO4)c2)(c2ccc3c(c2)CCCO3)N=C1N. The van der Waals surface area contributed by atoms with E-state index in [0.29, 0.717) is 12.4 Å². The molecule has 6 rings (SSSR count). The van der Waals surface area contributed by atoms with Crippen LogP contribution in [0.15, 0.2) is 65.7 Å². The molecule has 0 aromatic heterocycles. The lowest BCUT2D eigenvalue weighted by Gasteiger charge is -2.28. The second-order valence-electron chi connectivity index (χ2n) is 8.47. The molecule has 3 aromatic carbocycles. The summed E-state index contributed by atoms with van der Waals surface area (Å²) in [6, 6.07) is 19.6. The zero-order valence-electron chi connectivity index (χ0n) is 18.2. The molecule has 0 saturated heterocycles. The van der Waals surface area contributed by atoms with Gasteiger partial charge in [-0.3, -0.25) is 9.69 Å². The molecule has 1 amide bonds. The molecule has 0 saturated carbocycles. The highest BCUT2D eigenvalue weighted by molar-refractivity contribution is 6.09. The van der Waals surface area contributed by atoms with Crippen LogP contribution in [0.5, 0.6) is 17.2 Å². The number of hydrogen-bond donors (Lipinski definition) is 1. The van der Waals surface area contributed by atoms with Gasteiger partial charge >= 0.3 is 0 Å². The van der Waals surface area contributed by atoms with E-state index in [1.54, 1.807) is 7.05 Å². The molecule has 0 radical (unpaired) electrons. The zero-order valence-corrected chi connectivity index (χ0v) is 18.2. The van der Waals surface area contributed by atoms with Crippen molar-refractivity contribution in [3.05, 3.63) is 77.4 Å². The maximum Gasteiger partial charge on any atom is 0.266 e. The van der Waals surface area contributed by atoms with Crippen LogP contribution in [0.25, 0.3) is 11.1 Å². The number of amides is 1. The summed E-state index contributed by atoms with van der Waals surface area (Å²) in [7, 11) is 1.66. The zero-order chi connectivity index (χ0) is 22.6. The number of guanidine groups is 1. The highest BCUT2D eigenvalue weighted by atomic mass is 16.7. The van der Waals surface area contributed by atoms with Gasteiger partial charge < -0.3 is 19.9 Å². The summed E-state index contributed by atoms with van der Waals surface area (Å²) in [6.45, 7) is 0.931. The Morgan fingerprint density at radius 3 is 2.55 bits per heavy atom. The summed E-state index contributed by atoms with van der Waals surface area (Å²) >= 11 is 0. The van der Waals surface area contributed by atoms with Crippen LogP contribution in [-0.2, 0) is 16.8 Å². The summed E-state index contributed by atoms with van der Waals surface area (Å²) in [5, 5.41) is 0. The van der Waals surface area contributed by atoms with Crippen LogP contribution in [0.3, 0.4) is 0 Å². The van der Waals surface area contributed by atoms with Crippen molar-refractivity contribution in [3.63, 3.8) is 0 Å². The molecule has 3 heterocycles. The summed E-state index contributed by atoms with van der Waals surface area (Å²) in [5.41, 5.74) is 9.45. The van der Waals surface area contributed by atoms with Crippen LogP contribution < -0.4 is 19.9 Å². The molecule has 2 N–H and O–H groups in total. The number of nitrogens with two attached hydrogens (primary N) is 1. The monoisotopic (exact) mass is 441 g/mol. The predicted octanol–water partition coefficient (Wildman–Crippen LogP) is 3.44. The van der Waals surface area contributed by atoms with Crippen LogP contribution in [0.1, 0.15) is 23.1 Å². The lowest BCUT2D eigenvalue weighted by atomic mass is 9.80. The van der Waals surface area contributed by atoms with Crippen molar-refractivity contribution >= 4 is 11.9 Å². The summed E-state index contributed by atoms with van der Waals surface area (Å²) in [4.78, 5) is 19.8. The lowest BCUT2D eigenvalue weighted by Crippen LogP contribution is -2.41. The van der Waals surface area contributed by atoms with E-state index in [0.717, 1.165) is 52.2 Å². The lowest BCUT2D eigenvalue weighted by molar-refractivity contribution is -0.129. The van der Waals surface area contributed by atoms with Gasteiger partial charge in [0.25, 0.3) is 5.91 Å². The molecule has 7 heteroatoms. The predicted molar refractivity (Wildman–Crippen MR) is 123 cm³/mol. The third kappa shape index (κ3) is 2.96. The quantitative estimate of drug-likeness (QED) is 0.673. The Morgan fingerprint density at radius 1 is 0.909 bits per heavy atom. The first-order valence-corrected chi connectivity index (χ1v) is 11.0. The van der Waals surface area contributed by atoms with Gasteiger partial charge in [0.15, 0.2) is 23.0 Å². The number of carbonyl (C=O) groups excluding carboxylic acids is 1. The van der Waals surface area contributed by atoms with Crippen molar-refractivity contribution in [1.29, 1.82) is 0 Å². The number of nitrogens with zero attached hydrogens (tertiary/aromatic N) is 2. The fourth-order valence-corrected chi connectivity index (χ4v) is 4.77. The van der Waals surface area contributed by atoms with Crippen LogP contribution in [0.2, 0.25) is 0 Å². The van der Waals surface area contributed by atoms with Gasteiger partial charge in [0.2, 0.25) is 6.79 Å². The maximum absolute atomic E-state index is 13.7. The number of aryl methyl sites for hydroxylation is 1. The second kappa shape index (κ2) is 7.27. The Balaban J connectivity index is 1.51. The van der Waals surface area contributed by atoms with E-state index in [9.17, 15) is 4.79 Å². The van der Waals surface area contributed by atoms with Crippen LogP contribution in [0, 0.1) is 0 Å². The van der Waals surface area contributed by atoms with Gasteiger partial charge in [0.05, 0.1) is 6.61 Å². The Hall–Kier alpha value is -4.00. The van der Waals surface area contributed by atoms with Crippen LogP contribution >= 0.6 is 0 Å². The molecular formula is C26H23N3O4. The minimum Gasteiger partial charge on any atom is -0.493 e. The molecule has 1 unspecified atom stereocenters. The molecule has 0 bridgehead atoms. The molecule has 0 spiro atoms. The fourth-order valence-electron chi connectivity index (χ4n) is 4.77. The fraction of sp³-hybridized carbons (Fsp3) is 0.231. The van der Waals surface area contributed by atoms with Gasteiger partial charge in [-0.2, -0.15) is 0 Å². The first kappa shape index (κ1) is 19.7. The summed E-state index contributed by atoms with van der Waals surface area (Å²) in [5.74, 6) is 2.32. The first-order valence-electron chi connectivity index (χ1n) is 11.0. The van der Waals surface area contributed by atoms with Crippen molar-refractivity contribution in [2.24, 2.45) is 10.7 Å². The van der Waals surface area contributed by atoms with Gasteiger partial charge in [-0.1, -0.05) is 30.3 Å². The normalized spacial score (nSPS) is 20.9. The second-order valence-corrected chi connectivity index (χ2v) is 8.47. The Kier molecular flexibility index (Phi) is 4.33. The molecule has 3 aliphatic heterocycles. The molecule has 7 nitrogen and oxygen atoms in total. The van der Waals surface area contributed by atoms with E-state index < -0.39 is 5.54 Å². The number of hydrogen-bond acceptors (Lipinski definition) is 6. The van der Waals surface area contributed by atoms with E-state index in [4.69, 9.17) is 24.9 Å². The van der Waals surface area contributed by atoms with E-state index >= 15 is 0 Å². The van der Waals surface area contributed by atoms with Crippen molar-refractivity contribution in [2.75, 3.05) is 20.4 Å². The number of likely N-dealkylation sites (N-methyl/N-ethyl adjacent to an activating group) is 1. The molecule has 3 aliphatic rings. The van der Waals surface area contributed by atoms with Gasteiger partial charge in [-0.15, -0.1) is 0 Å². The number of ether oxygens (including phenoxy) is 3. The molecule has 0 aliphatic carbocycles. The molecule has 0 fully saturated rings. The van der Waals surface area contributed by atoms with Gasteiger partial charge in [-0.05, 0) is 71.0 Å². The third-order valence-electron chi connectivity index (χ3n) is 6.55. The number of carbonyl (C=O) groups is 1. The highest BCUT2D eigenvalue weighted by Crippen LogP contribution is 2.43. The molecule has 1 atom stereocenters. The molecule has 33 heavy (non-hydrogen) atoms. The largest absolute Gasteiger partial charge is 0.493 e. The number of benzene rings is 3. The molecule has 166 valence electrons. The molecule has 3 aromatic rings. The summed E-state index contributed by atoms with van der Waals surface area (Å²) in [6.07, 6.45) is 1.85. The smallest absolute Gasteiger partial charge is 0.266 e. The topological polar surface area (TPSA) is 86.4 Å². The van der Waals surface area contributed by atoms with E-state index in [2.05, 4.69) is 0 Å². The third-order valence-corrected chi connectivity index (χ3v) is 6.55. The van der Waals surface area contributed by atoms with E-state index in [1.807, 2.05) is 60.7 Å². The highest BCUT2D eigenvalue weighted by Gasteiger charge is 2.49. The van der Waals surface area contributed by atoms with E-state index in [1.165, 1.54) is 4.90 Å². The molecular weight excluding hydrogens is 418 g/mol. The Labute approximate surface area is 191 Å². The van der Waals surface area contributed by atoms with Crippen molar-refractivity contribution in [2.45, 2.75) is 18.4 Å². The van der Waals surface area contributed by atoms with Crippen LogP contribution in [0.4, 0.5) is 0 Å². The maximum atomic E-state index is 13.7. The summed E-state index contributed by atoms with van der Waals surface area (Å²) < 4.78 is 16.8. The number of aliphatic imine (C=N–C) groups is 1. The number of fused-ring (bicyclic) bond motifs is 2. The van der Waals surface area contributed by atoms with Gasteiger partial charge in [0, 0.05) is 7.05 Å². The average molecular weight is 441 g/mol. The Bertz CT molecular complexity index is 1320.